The normalized spacial score (nSPS) is 15.1. The summed E-state index contributed by atoms with van der Waals surface area (Å²) in [5, 5.41) is 0. The maximum Gasteiger partial charge on any atom is 0.123 e. The predicted molar refractivity (Wildman–Crippen MR) is 59.2 cm³/mol. The third-order valence-corrected chi connectivity index (χ3v) is 3.37. The molecule has 1 aromatic carbocycles. The lowest BCUT2D eigenvalue weighted by Crippen LogP contribution is -2.20. The van der Waals surface area contributed by atoms with E-state index in [-0.39, 0.29) is 11.2 Å². The lowest BCUT2D eigenvalue weighted by atomic mass is 9.83. The van der Waals surface area contributed by atoms with E-state index in [4.69, 9.17) is 11.6 Å². The predicted octanol–water partition coefficient (Wildman–Crippen LogP) is 4.02. The molecule has 0 heterocycles. The third-order valence-electron chi connectivity index (χ3n) is 2.72. The van der Waals surface area contributed by atoms with Crippen LogP contribution in [0.5, 0.6) is 0 Å². The molecular weight excluding hydrogens is 199 g/mol. The van der Waals surface area contributed by atoms with Crippen LogP contribution in [0.25, 0.3) is 0 Å². The molecule has 0 saturated heterocycles. The van der Waals surface area contributed by atoms with E-state index in [2.05, 4.69) is 13.8 Å². The number of hydrogen-bond acceptors (Lipinski definition) is 0. The Hall–Kier alpha value is -0.560. The van der Waals surface area contributed by atoms with Gasteiger partial charge in [-0.3, -0.25) is 0 Å². The van der Waals surface area contributed by atoms with Crippen LogP contribution in [0.1, 0.15) is 25.8 Å². The third kappa shape index (κ3) is 2.98. The van der Waals surface area contributed by atoms with Crippen LogP contribution >= 0.6 is 11.6 Å². The molecule has 0 amide bonds. The molecule has 14 heavy (non-hydrogen) atoms. The van der Waals surface area contributed by atoms with Crippen molar-refractivity contribution in [3.05, 3.63) is 35.6 Å². The number of benzene rings is 1. The minimum absolute atomic E-state index is 0.124. The Kier molecular flexibility index (Phi) is 3.94. The second-order valence-corrected chi connectivity index (χ2v) is 4.37. The number of halogens is 2. The molecule has 0 aliphatic rings. The average molecular weight is 215 g/mol. The summed E-state index contributed by atoms with van der Waals surface area (Å²) in [6.45, 7) is 4.29. The average Bonchev–Trinajstić information content (AvgIpc) is 2.21. The van der Waals surface area contributed by atoms with Gasteiger partial charge >= 0.3 is 0 Å². The van der Waals surface area contributed by atoms with Crippen molar-refractivity contribution in [3.8, 4) is 0 Å². The Labute approximate surface area is 90.1 Å². The zero-order chi connectivity index (χ0) is 10.6. The van der Waals surface area contributed by atoms with Gasteiger partial charge in [-0.2, -0.15) is 0 Å². The topological polar surface area (TPSA) is 0 Å². The van der Waals surface area contributed by atoms with Crippen molar-refractivity contribution in [2.75, 3.05) is 5.88 Å². The van der Waals surface area contributed by atoms with E-state index in [9.17, 15) is 4.39 Å². The second kappa shape index (κ2) is 4.79. The largest absolute Gasteiger partial charge is 0.207 e. The number of alkyl halides is 1. The van der Waals surface area contributed by atoms with Crippen molar-refractivity contribution in [1.82, 2.24) is 0 Å². The first-order valence-corrected chi connectivity index (χ1v) is 5.43. The van der Waals surface area contributed by atoms with Gasteiger partial charge in [0.15, 0.2) is 0 Å². The molecule has 1 atom stereocenters. The molecule has 0 bridgehead atoms. The van der Waals surface area contributed by atoms with Gasteiger partial charge in [-0.25, -0.2) is 4.39 Å². The van der Waals surface area contributed by atoms with E-state index in [0.29, 0.717) is 5.88 Å². The first-order chi connectivity index (χ1) is 6.59. The van der Waals surface area contributed by atoms with Crippen LogP contribution in [0, 0.1) is 11.2 Å². The van der Waals surface area contributed by atoms with E-state index in [1.54, 1.807) is 0 Å². The highest BCUT2D eigenvalue weighted by atomic mass is 35.5. The highest BCUT2D eigenvalue weighted by molar-refractivity contribution is 6.18. The van der Waals surface area contributed by atoms with Crippen molar-refractivity contribution < 1.29 is 4.39 Å². The van der Waals surface area contributed by atoms with Crippen molar-refractivity contribution in [1.29, 1.82) is 0 Å². The Bertz CT molecular complexity index is 275. The monoisotopic (exact) mass is 214 g/mol. The van der Waals surface area contributed by atoms with Gasteiger partial charge in [-0.05, 0) is 36.0 Å². The highest BCUT2D eigenvalue weighted by Crippen LogP contribution is 2.27. The molecular formula is C12H16ClF. The summed E-state index contributed by atoms with van der Waals surface area (Å²) >= 11 is 5.92. The van der Waals surface area contributed by atoms with Gasteiger partial charge in [0, 0.05) is 5.88 Å². The molecule has 0 aliphatic carbocycles. The van der Waals surface area contributed by atoms with E-state index in [1.165, 1.54) is 12.1 Å². The van der Waals surface area contributed by atoms with Crippen molar-refractivity contribution in [2.24, 2.45) is 5.41 Å². The SMILES string of the molecule is CCC(C)(CCl)Cc1ccc(F)cc1. The van der Waals surface area contributed by atoms with Crippen molar-refractivity contribution in [2.45, 2.75) is 26.7 Å². The lowest BCUT2D eigenvalue weighted by molar-refractivity contribution is 0.355. The minimum Gasteiger partial charge on any atom is -0.207 e. The number of hydrogen-bond donors (Lipinski definition) is 0. The fourth-order valence-corrected chi connectivity index (χ4v) is 1.65. The standard InChI is InChI=1S/C12H16ClF/c1-3-12(2,9-13)8-10-4-6-11(14)7-5-10/h4-7H,3,8-9H2,1-2H3. The van der Waals surface area contributed by atoms with Gasteiger partial charge in [0.05, 0.1) is 0 Å². The second-order valence-electron chi connectivity index (χ2n) is 4.10. The molecule has 1 unspecified atom stereocenters. The van der Waals surface area contributed by atoms with Gasteiger partial charge in [-0.1, -0.05) is 26.0 Å². The van der Waals surface area contributed by atoms with Crippen LogP contribution in [0.4, 0.5) is 4.39 Å². The Balaban J connectivity index is 2.72. The molecule has 1 rings (SSSR count). The molecule has 0 nitrogen and oxygen atoms in total. The fourth-order valence-electron chi connectivity index (χ4n) is 1.36. The zero-order valence-corrected chi connectivity index (χ0v) is 9.44. The van der Waals surface area contributed by atoms with Crippen molar-refractivity contribution >= 4 is 11.6 Å². The molecule has 0 saturated carbocycles. The maximum atomic E-state index is 12.7. The van der Waals surface area contributed by atoms with Crippen LogP contribution < -0.4 is 0 Å². The first-order valence-electron chi connectivity index (χ1n) is 4.90. The van der Waals surface area contributed by atoms with Gasteiger partial charge < -0.3 is 0 Å². The summed E-state index contributed by atoms with van der Waals surface area (Å²) in [7, 11) is 0. The van der Waals surface area contributed by atoms with E-state index < -0.39 is 0 Å². The van der Waals surface area contributed by atoms with Gasteiger partial charge in [0.25, 0.3) is 0 Å². The highest BCUT2D eigenvalue weighted by Gasteiger charge is 2.21. The van der Waals surface area contributed by atoms with Gasteiger partial charge in [0.2, 0.25) is 0 Å². The summed E-state index contributed by atoms with van der Waals surface area (Å²) in [6, 6.07) is 6.66. The quantitative estimate of drug-likeness (QED) is 0.664. The van der Waals surface area contributed by atoms with E-state index in [1.807, 2.05) is 12.1 Å². The summed E-state index contributed by atoms with van der Waals surface area (Å²) in [4.78, 5) is 0. The summed E-state index contributed by atoms with van der Waals surface area (Å²) in [5.41, 5.74) is 1.27. The molecule has 0 fully saturated rings. The maximum absolute atomic E-state index is 12.7. The van der Waals surface area contributed by atoms with Crippen LogP contribution in [0.2, 0.25) is 0 Å². The summed E-state index contributed by atoms with van der Waals surface area (Å²) in [6.07, 6.45) is 1.95. The Morgan fingerprint density at radius 3 is 2.29 bits per heavy atom. The van der Waals surface area contributed by atoms with Crippen LogP contribution in [-0.2, 0) is 6.42 Å². The molecule has 0 N–H and O–H groups in total. The summed E-state index contributed by atoms with van der Waals surface area (Å²) in [5.74, 6) is 0.457. The smallest absolute Gasteiger partial charge is 0.123 e. The van der Waals surface area contributed by atoms with Gasteiger partial charge in [0.1, 0.15) is 5.82 Å². The molecule has 0 radical (unpaired) electrons. The van der Waals surface area contributed by atoms with Crippen LogP contribution in [-0.4, -0.2) is 5.88 Å². The lowest BCUT2D eigenvalue weighted by Gasteiger charge is -2.25. The molecule has 0 aliphatic heterocycles. The van der Waals surface area contributed by atoms with E-state index in [0.717, 1.165) is 18.4 Å². The van der Waals surface area contributed by atoms with Gasteiger partial charge in [-0.15, -0.1) is 11.6 Å². The molecule has 0 spiro atoms. The number of rotatable bonds is 4. The molecule has 0 aromatic heterocycles. The Morgan fingerprint density at radius 2 is 1.86 bits per heavy atom. The molecule has 78 valence electrons. The summed E-state index contributed by atoms with van der Waals surface area (Å²) < 4.78 is 12.7. The zero-order valence-electron chi connectivity index (χ0n) is 8.69. The Morgan fingerprint density at radius 1 is 1.29 bits per heavy atom. The fraction of sp³-hybridized carbons (Fsp3) is 0.500. The van der Waals surface area contributed by atoms with Crippen molar-refractivity contribution in [3.63, 3.8) is 0 Å². The first kappa shape index (κ1) is 11.5. The molecule has 2 heteroatoms. The van der Waals surface area contributed by atoms with E-state index >= 15 is 0 Å². The minimum atomic E-state index is -0.183. The van der Waals surface area contributed by atoms with Crippen LogP contribution in [0.3, 0.4) is 0 Å². The molecule has 1 aromatic rings. The van der Waals surface area contributed by atoms with Crippen LogP contribution in [0.15, 0.2) is 24.3 Å².